The van der Waals surface area contributed by atoms with Crippen LogP contribution in [-0.4, -0.2) is 161 Å². The first-order chi connectivity index (χ1) is 32.4. The van der Waals surface area contributed by atoms with Crippen LogP contribution in [-0.2, 0) is 54.3 Å². The lowest BCUT2D eigenvalue weighted by molar-refractivity contribution is -0.142. The third-order valence-corrected chi connectivity index (χ3v) is 10.3. The number of guanidine groups is 1. The second-order valence-corrected chi connectivity index (χ2v) is 16.9. The summed E-state index contributed by atoms with van der Waals surface area (Å²) < 4.78 is 4.99. The highest BCUT2D eigenvalue weighted by Crippen LogP contribution is 2.14. The van der Waals surface area contributed by atoms with Crippen molar-refractivity contribution in [3.05, 3.63) is 29.8 Å². The van der Waals surface area contributed by atoms with Gasteiger partial charge in [0.05, 0.1) is 31.7 Å². The van der Waals surface area contributed by atoms with Gasteiger partial charge in [0.2, 0.25) is 47.3 Å². The number of aliphatic hydroxyl groups is 2. The Balaban J connectivity index is 3.58. The summed E-state index contributed by atoms with van der Waals surface area (Å²) in [6.07, 6.45) is -2.19. The van der Waals surface area contributed by atoms with Gasteiger partial charge >= 0.3 is 5.97 Å². The minimum atomic E-state index is -1.92. The van der Waals surface area contributed by atoms with E-state index in [1.165, 1.54) is 38.3 Å². The Morgan fingerprint density at radius 3 is 1.64 bits per heavy atom. The zero-order chi connectivity index (χ0) is 52.4. The van der Waals surface area contributed by atoms with Gasteiger partial charge in [0.1, 0.15) is 48.0 Å². The highest BCUT2D eigenvalue weighted by molar-refractivity contribution is 5.98. The van der Waals surface area contributed by atoms with Gasteiger partial charge in [-0.25, -0.2) is 0 Å². The fourth-order valence-corrected chi connectivity index (χ4v) is 6.47. The Morgan fingerprint density at radius 1 is 0.652 bits per heavy atom. The maximum Gasteiger partial charge on any atom is 0.305 e. The topological polar surface area (TPSA) is 444 Å². The minimum Gasteiger partial charge on any atom is -0.508 e. The molecule has 1 rings (SSSR count). The Morgan fingerprint density at radius 2 is 1.14 bits per heavy atom. The van der Waals surface area contributed by atoms with E-state index in [-0.39, 0.29) is 69.2 Å². The number of nitrogens with one attached hydrogen (secondary N) is 7. The van der Waals surface area contributed by atoms with Crippen molar-refractivity contribution in [1.82, 2.24) is 37.2 Å². The van der Waals surface area contributed by atoms with Gasteiger partial charge in [-0.1, -0.05) is 32.9 Å². The molecule has 0 heterocycles. The van der Waals surface area contributed by atoms with Crippen LogP contribution in [0.5, 0.6) is 5.75 Å². The molecule has 26 heteroatoms. The number of carboxylic acid groups (broad SMARTS) is 1. The molecule has 0 fully saturated rings. The lowest BCUT2D eigenvalue weighted by Gasteiger charge is -2.28. The molecule has 9 atom stereocenters. The molecule has 0 aliphatic heterocycles. The van der Waals surface area contributed by atoms with Gasteiger partial charge in [-0.05, 0) is 75.6 Å². The summed E-state index contributed by atoms with van der Waals surface area (Å²) in [4.78, 5) is 123. The molecule has 0 spiro atoms. The zero-order valence-corrected chi connectivity index (χ0v) is 39.7. The van der Waals surface area contributed by atoms with E-state index in [0.717, 1.165) is 6.92 Å². The molecular formula is C43H72N12O14. The van der Waals surface area contributed by atoms with Gasteiger partial charge in [0.15, 0.2) is 5.96 Å². The molecule has 19 N–H and O–H groups in total. The molecule has 1 aromatic rings. The van der Waals surface area contributed by atoms with E-state index in [1.54, 1.807) is 0 Å². The number of amides is 8. The van der Waals surface area contributed by atoms with Crippen LogP contribution < -0.4 is 60.2 Å². The first-order valence-electron chi connectivity index (χ1n) is 22.4. The maximum absolute atomic E-state index is 14.2. The SMILES string of the molecule is COC[C@H](NC(=O)[C@@H](C)CO)C(=O)N[C@H](C(=O)N[C@@H](CC(=O)O)C(=O)N[C@@H](CCCCN)C(=O)N[C@@H](Cc1ccc(O)cc1)C(=O)N[C@@H](CCCN=C(N)N)C(=O)N[C@@H](CC(C)C)C(N)=O)[C@@H](C)O. The summed E-state index contributed by atoms with van der Waals surface area (Å²) in [6.45, 7) is 5.41. The number of benzene rings is 1. The standard InChI is InChI=1S/C43H72N12O14/c1-22(2)17-29(35(45)61)51-37(63)28(10-8-16-48-43(46)47)50-39(65)30(18-25-11-13-26(58)14-12-25)52-38(64)27(9-6-7-15-44)49-40(66)31(19-33(59)60)53-42(68)34(24(4)57)55-41(67)32(21-69-5)54-36(62)23(3)20-56/h11-14,22-24,27-32,34,56-58H,6-10,15-21,44H2,1-5H3,(H2,45,61)(H,49,66)(H,50,65)(H,51,63)(H,52,64)(H,53,68)(H,54,62)(H,55,67)(H,59,60)(H4,46,47,48)/t23-,24+,27-,28-,29-,30-,31-,32-,34-/m0/s1. The number of phenolic OH excluding ortho intramolecular Hbond substituents is 1. The van der Waals surface area contributed by atoms with Gasteiger partial charge in [0.25, 0.3) is 0 Å². The van der Waals surface area contributed by atoms with Crippen molar-refractivity contribution in [2.45, 2.75) is 127 Å². The molecule has 0 aliphatic carbocycles. The summed E-state index contributed by atoms with van der Waals surface area (Å²) in [5.41, 5.74) is 22.6. The Kier molecular flexibility index (Phi) is 27.5. The number of hydrogen-bond donors (Lipinski definition) is 15. The quantitative estimate of drug-likeness (QED) is 0.0178. The lowest BCUT2D eigenvalue weighted by atomic mass is 10.0. The second kappa shape index (κ2) is 31.4. The van der Waals surface area contributed by atoms with Crippen LogP contribution in [0.4, 0.5) is 0 Å². The number of aliphatic hydroxyl groups excluding tert-OH is 2. The van der Waals surface area contributed by atoms with Gasteiger partial charge < -0.3 is 85.3 Å². The molecule has 26 nitrogen and oxygen atoms in total. The molecule has 0 bridgehead atoms. The number of aliphatic imine (C=N–C) groups is 1. The summed E-state index contributed by atoms with van der Waals surface area (Å²) in [5, 5.41) is 56.5. The molecule has 0 aromatic heterocycles. The predicted molar refractivity (Wildman–Crippen MR) is 249 cm³/mol. The van der Waals surface area contributed by atoms with E-state index in [9.17, 15) is 63.6 Å². The smallest absolute Gasteiger partial charge is 0.305 e. The number of ether oxygens (including phenoxy) is 1. The number of primary amides is 1. The van der Waals surface area contributed by atoms with Crippen molar-refractivity contribution in [3.8, 4) is 5.75 Å². The molecule has 388 valence electrons. The van der Waals surface area contributed by atoms with Crippen LogP contribution in [0.3, 0.4) is 0 Å². The van der Waals surface area contributed by atoms with Crippen molar-refractivity contribution in [2.75, 3.05) is 33.4 Å². The number of carboxylic acids is 1. The number of carbonyl (C=O) groups excluding carboxylic acids is 8. The molecule has 0 saturated carbocycles. The van der Waals surface area contributed by atoms with Crippen LogP contribution in [0.25, 0.3) is 0 Å². The number of aliphatic carboxylic acids is 1. The average Bonchev–Trinajstić information content (AvgIpc) is 3.27. The number of aromatic hydroxyl groups is 1. The lowest BCUT2D eigenvalue weighted by Crippen LogP contribution is -2.62. The third kappa shape index (κ3) is 23.3. The van der Waals surface area contributed by atoms with Crippen molar-refractivity contribution < 1.29 is 68.3 Å². The van der Waals surface area contributed by atoms with E-state index in [4.69, 9.17) is 27.7 Å². The number of unbranched alkanes of at least 4 members (excludes halogenated alkanes) is 1. The van der Waals surface area contributed by atoms with Gasteiger partial charge in [-0.2, -0.15) is 0 Å². The van der Waals surface area contributed by atoms with Crippen LogP contribution in [0, 0.1) is 11.8 Å². The van der Waals surface area contributed by atoms with Crippen LogP contribution in [0.1, 0.15) is 78.2 Å². The summed E-state index contributed by atoms with van der Waals surface area (Å²) in [7, 11) is 1.22. The minimum absolute atomic E-state index is 0.0519. The van der Waals surface area contributed by atoms with E-state index in [0.29, 0.717) is 12.0 Å². The highest BCUT2D eigenvalue weighted by atomic mass is 16.5. The van der Waals surface area contributed by atoms with E-state index >= 15 is 0 Å². The van der Waals surface area contributed by atoms with Crippen molar-refractivity contribution in [2.24, 2.45) is 39.8 Å². The normalized spacial score (nSPS) is 15.0. The second-order valence-electron chi connectivity index (χ2n) is 16.9. The zero-order valence-electron chi connectivity index (χ0n) is 39.7. The predicted octanol–water partition coefficient (Wildman–Crippen LogP) is -4.83. The van der Waals surface area contributed by atoms with Gasteiger partial charge in [-0.3, -0.25) is 48.1 Å². The van der Waals surface area contributed by atoms with Gasteiger partial charge in [0, 0.05) is 20.1 Å². The first kappa shape index (κ1) is 60.4. The highest BCUT2D eigenvalue weighted by Gasteiger charge is 2.36. The molecule has 1 aromatic carbocycles. The monoisotopic (exact) mass is 981 g/mol. The Hall–Kier alpha value is -6.64. The summed E-state index contributed by atoms with van der Waals surface area (Å²) >= 11 is 0. The Bertz CT molecular complexity index is 1900. The average molecular weight is 981 g/mol. The molecular weight excluding hydrogens is 909 g/mol. The van der Waals surface area contributed by atoms with Crippen LogP contribution in [0.2, 0.25) is 0 Å². The number of carbonyl (C=O) groups is 9. The number of phenols is 1. The van der Waals surface area contributed by atoms with Crippen molar-refractivity contribution in [3.63, 3.8) is 0 Å². The van der Waals surface area contributed by atoms with E-state index in [1.807, 2.05) is 13.8 Å². The third-order valence-electron chi connectivity index (χ3n) is 10.3. The number of nitrogens with two attached hydrogens (primary N) is 4. The molecule has 8 amide bonds. The molecule has 0 unspecified atom stereocenters. The molecule has 0 saturated heterocycles. The van der Waals surface area contributed by atoms with Gasteiger partial charge in [-0.15, -0.1) is 0 Å². The fraction of sp³-hybridized carbons (Fsp3) is 0.628. The van der Waals surface area contributed by atoms with Crippen LogP contribution >= 0.6 is 0 Å². The van der Waals surface area contributed by atoms with Crippen LogP contribution in [0.15, 0.2) is 29.3 Å². The van der Waals surface area contributed by atoms with Crippen molar-refractivity contribution >= 4 is 59.2 Å². The fourth-order valence-electron chi connectivity index (χ4n) is 6.47. The summed E-state index contributed by atoms with van der Waals surface area (Å²) in [5.74, 6) is -10.5. The first-order valence-corrected chi connectivity index (χ1v) is 22.4. The van der Waals surface area contributed by atoms with Crippen molar-refractivity contribution in [1.29, 1.82) is 0 Å². The molecule has 69 heavy (non-hydrogen) atoms. The largest absolute Gasteiger partial charge is 0.508 e. The summed E-state index contributed by atoms with van der Waals surface area (Å²) in [6, 6.07) is -4.98. The number of nitrogens with zero attached hydrogens (tertiary/aromatic N) is 1. The van der Waals surface area contributed by atoms with E-state index in [2.05, 4.69) is 42.2 Å². The maximum atomic E-state index is 14.2. The van der Waals surface area contributed by atoms with E-state index < -0.39 is 127 Å². The molecule has 0 radical (unpaired) electrons. The number of methoxy groups -OCH3 is 1. The number of rotatable bonds is 33. The molecule has 0 aliphatic rings. The Labute approximate surface area is 400 Å². The number of hydrogen-bond acceptors (Lipinski definition) is 15.